The molecule has 1 aromatic rings. The first-order valence-electron chi connectivity index (χ1n) is 5.92. The Morgan fingerprint density at radius 1 is 1.47 bits per heavy atom. The lowest BCUT2D eigenvalue weighted by atomic mass is 10.1. The Balaban J connectivity index is 1.93. The van der Waals surface area contributed by atoms with Gasteiger partial charge in [0.05, 0.1) is 12.6 Å². The highest BCUT2D eigenvalue weighted by Crippen LogP contribution is 2.24. The lowest BCUT2D eigenvalue weighted by Crippen LogP contribution is -2.23. The Kier molecular flexibility index (Phi) is 4.51. The first kappa shape index (κ1) is 13.0. The normalized spacial score (nSPS) is 21.1. The third-order valence-electron chi connectivity index (χ3n) is 2.88. The van der Waals surface area contributed by atoms with Crippen molar-refractivity contribution in [3.63, 3.8) is 0 Å². The van der Waals surface area contributed by atoms with E-state index in [1.54, 1.807) is 0 Å². The molecular weight excluding hydrogens is 296 g/mol. The second kappa shape index (κ2) is 5.91. The van der Waals surface area contributed by atoms with Crippen molar-refractivity contribution in [2.45, 2.75) is 31.6 Å². The van der Waals surface area contributed by atoms with Crippen molar-refractivity contribution >= 4 is 32.9 Å². The molecule has 2 unspecified atom stereocenters. The van der Waals surface area contributed by atoms with E-state index in [1.165, 1.54) is 12.0 Å². The van der Waals surface area contributed by atoms with Gasteiger partial charge in [-0.2, -0.15) is 0 Å². The molecule has 4 heteroatoms. The van der Waals surface area contributed by atoms with Crippen LogP contribution >= 0.6 is 27.7 Å². The molecule has 2 nitrogen and oxygen atoms in total. The highest BCUT2D eigenvalue weighted by Gasteiger charge is 2.19. The molecule has 0 radical (unpaired) electrons. The fourth-order valence-corrected chi connectivity index (χ4v) is 3.02. The summed E-state index contributed by atoms with van der Waals surface area (Å²) in [4.78, 5) is 4.53. The standard InChI is InChI=1S/C13H17BrN2S/c1-3-12-8-15-13(17-12)16-9(2)10-4-6-11(14)7-5-10/h4-7,9,12H,3,8H2,1-2H3,(H,15,16). The molecule has 1 N–H and O–H groups in total. The van der Waals surface area contributed by atoms with Crippen LogP contribution in [0.3, 0.4) is 0 Å². The smallest absolute Gasteiger partial charge is 0.157 e. The van der Waals surface area contributed by atoms with Crippen molar-refractivity contribution in [1.29, 1.82) is 0 Å². The second-order valence-corrected chi connectivity index (χ2v) is 6.42. The number of halogens is 1. The Labute approximate surface area is 115 Å². The van der Waals surface area contributed by atoms with Crippen LogP contribution in [-0.2, 0) is 0 Å². The van der Waals surface area contributed by atoms with Gasteiger partial charge < -0.3 is 5.32 Å². The third kappa shape index (κ3) is 3.49. The van der Waals surface area contributed by atoms with Gasteiger partial charge in [0.2, 0.25) is 0 Å². The van der Waals surface area contributed by atoms with Gasteiger partial charge in [0, 0.05) is 9.72 Å². The summed E-state index contributed by atoms with van der Waals surface area (Å²) in [5.74, 6) is 0. The number of hydrogen-bond acceptors (Lipinski definition) is 3. The lowest BCUT2D eigenvalue weighted by molar-refractivity contribution is 0.722. The van der Waals surface area contributed by atoms with E-state index in [4.69, 9.17) is 0 Å². The average Bonchev–Trinajstić information content (AvgIpc) is 2.77. The summed E-state index contributed by atoms with van der Waals surface area (Å²) in [5.41, 5.74) is 1.29. The van der Waals surface area contributed by atoms with Crippen molar-refractivity contribution in [2.24, 2.45) is 4.99 Å². The van der Waals surface area contributed by atoms with Gasteiger partial charge in [-0.25, -0.2) is 0 Å². The average molecular weight is 313 g/mol. The highest BCUT2D eigenvalue weighted by atomic mass is 79.9. The first-order chi connectivity index (χ1) is 8.19. The molecule has 1 aromatic carbocycles. The maximum Gasteiger partial charge on any atom is 0.157 e. The Bertz CT molecular complexity index is 402. The molecular formula is C13H17BrN2S. The van der Waals surface area contributed by atoms with Crippen LogP contribution in [0.1, 0.15) is 31.9 Å². The van der Waals surface area contributed by atoms with Gasteiger partial charge in [-0.1, -0.05) is 46.7 Å². The minimum absolute atomic E-state index is 0.310. The molecule has 0 saturated carbocycles. The summed E-state index contributed by atoms with van der Waals surface area (Å²) in [6.07, 6.45) is 1.19. The molecule has 0 aromatic heterocycles. The summed E-state index contributed by atoms with van der Waals surface area (Å²) in [7, 11) is 0. The van der Waals surface area contributed by atoms with Gasteiger partial charge in [0.1, 0.15) is 0 Å². The summed E-state index contributed by atoms with van der Waals surface area (Å²) < 4.78 is 1.12. The number of aliphatic imine (C=N–C) groups is 1. The van der Waals surface area contributed by atoms with E-state index >= 15 is 0 Å². The Morgan fingerprint density at radius 3 is 2.76 bits per heavy atom. The Morgan fingerprint density at radius 2 is 2.18 bits per heavy atom. The van der Waals surface area contributed by atoms with E-state index in [0.717, 1.165) is 16.2 Å². The zero-order chi connectivity index (χ0) is 12.3. The fourth-order valence-electron chi connectivity index (χ4n) is 1.73. The number of rotatable bonds is 3. The summed E-state index contributed by atoms with van der Waals surface area (Å²) in [5, 5.41) is 5.23. The van der Waals surface area contributed by atoms with Crippen molar-refractivity contribution in [3.05, 3.63) is 34.3 Å². The molecule has 2 atom stereocenters. The molecule has 1 heterocycles. The van der Waals surface area contributed by atoms with E-state index < -0.39 is 0 Å². The van der Waals surface area contributed by atoms with Crippen LogP contribution in [0.4, 0.5) is 0 Å². The predicted octanol–water partition coefficient (Wildman–Crippen LogP) is 3.98. The molecule has 0 amide bonds. The molecule has 0 bridgehead atoms. The maximum absolute atomic E-state index is 4.53. The largest absolute Gasteiger partial charge is 0.358 e. The second-order valence-electron chi connectivity index (χ2n) is 4.21. The highest BCUT2D eigenvalue weighted by molar-refractivity contribution is 9.10. The van der Waals surface area contributed by atoms with E-state index in [1.807, 2.05) is 11.8 Å². The van der Waals surface area contributed by atoms with Crippen LogP contribution in [0.5, 0.6) is 0 Å². The number of nitrogens with one attached hydrogen (secondary N) is 1. The zero-order valence-corrected chi connectivity index (χ0v) is 12.5. The topological polar surface area (TPSA) is 24.4 Å². The molecule has 2 rings (SSSR count). The van der Waals surface area contributed by atoms with Crippen molar-refractivity contribution in [2.75, 3.05) is 6.54 Å². The summed E-state index contributed by atoms with van der Waals surface area (Å²) >= 11 is 5.32. The SMILES string of the molecule is CCC1CN=C(NC(C)c2ccc(Br)cc2)S1. The van der Waals surface area contributed by atoms with Crippen molar-refractivity contribution in [1.82, 2.24) is 5.32 Å². The molecule has 0 fully saturated rings. The number of hydrogen-bond donors (Lipinski definition) is 1. The lowest BCUT2D eigenvalue weighted by Gasteiger charge is -2.15. The fraction of sp³-hybridized carbons (Fsp3) is 0.462. The van der Waals surface area contributed by atoms with Crippen LogP contribution in [0.15, 0.2) is 33.7 Å². The van der Waals surface area contributed by atoms with Gasteiger partial charge in [-0.15, -0.1) is 0 Å². The molecule has 0 aliphatic carbocycles. The van der Waals surface area contributed by atoms with Crippen LogP contribution in [0, 0.1) is 0 Å². The Hall–Kier alpha value is -0.480. The van der Waals surface area contributed by atoms with E-state index in [2.05, 4.69) is 64.4 Å². The van der Waals surface area contributed by atoms with Gasteiger partial charge >= 0.3 is 0 Å². The molecule has 0 spiro atoms. The van der Waals surface area contributed by atoms with Crippen LogP contribution < -0.4 is 5.32 Å². The van der Waals surface area contributed by atoms with Gasteiger partial charge in [0.15, 0.2) is 5.17 Å². The molecule has 92 valence electrons. The van der Waals surface area contributed by atoms with Crippen LogP contribution in [-0.4, -0.2) is 17.0 Å². The minimum Gasteiger partial charge on any atom is -0.358 e. The van der Waals surface area contributed by atoms with Crippen LogP contribution in [0.2, 0.25) is 0 Å². The predicted molar refractivity (Wildman–Crippen MR) is 79.7 cm³/mol. The zero-order valence-electron chi connectivity index (χ0n) is 10.1. The van der Waals surface area contributed by atoms with Gasteiger partial charge in [-0.05, 0) is 31.0 Å². The summed E-state index contributed by atoms with van der Waals surface area (Å²) in [6.45, 7) is 5.34. The van der Waals surface area contributed by atoms with Crippen molar-refractivity contribution in [3.8, 4) is 0 Å². The van der Waals surface area contributed by atoms with Crippen molar-refractivity contribution < 1.29 is 0 Å². The summed E-state index contributed by atoms with van der Waals surface area (Å²) in [6, 6.07) is 8.74. The minimum atomic E-state index is 0.310. The monoisotopic (exact) mass is 312 g/mol. The number of amidine groups is 1. The molecule has 0 saturated heterocycles. The maximum atomic E-state index is 4.53. The molecule has 17 heavy (non-hydrogen) atoms. The first-order valence-corrected chi connectivity index (χ1v) is 7.59. The quantitative estimate of drug-likeness (QED) is 0.913. The third-order valence-corrected chi connectivity index (χ3v) is 4.70. The van der Waals surface area contributed by atoms with E-state index in [0.29, 0.717) is 11.3 Å². The van der Waals surface area contributed by atoms with E-state index in [-0.39, 0.29) is 0 Å². The number of nitrogens with zero attached hydrogens (tertiary/aromatic N) is 1. The molecule has 1 aliphatic rings. The molecule has 1 aliphatic heterocycles. The van der Waals surface area contributed by atoms with Gasteiger partial charge in [-0.3, -0.25) is 4.99 Å². The number of thioether (sulfide) groups is 1. The number of benzene rings is 1. The van der Waals surface area contributed by atoms with Crippen LogP contribution in [0.25, 0.3) is 0 Å². The van der Waals surface area contributed by atoms with E-state index in [9.17, 15) is 0 Å². The van der Waals surface area contributed by atoms with Gasteiger partial charge in [0.25, 0.3) is 0 Å².